The SMILES string of the molecule is COc1ccc(Sc2ccc(Sc3ncn[nH]3)nc2C(=O)Nc2ncc(C(F)(F)F)s2)cc1. The van der Waals surface area contributed by atoms with Crippen molar-refractivity contribution in [2.45, 2.75) is 26.1 Å². The van der Waals surface area contributed by atoms with Crippen molar-refractivity contribution in [3.05, 3.63) is 59.5 Å². The number of ether oxygens (including phenoxy) is 1. The van der Waals surface area contributed by atoms with Gasteiger partial charge in [-0.3, -0.25) is 15.2 Å². The molecule has 0 saturated heterocycles. The number of nitrogens with one attached hydrogen (secondary N) is 2. The van der Waals surface area contributed by atoms with E-state index in [0.29, 0.717) is 38.4 Å². The lowest BCUT2D eigenvalue weighted by Crippen LogP contribution is -2.15. The maximum atomic E-state index is 13.0. The molecule has 0 aliphatic carbocycles. The fourth-order valence-corrected chi connectivity index (χ4v) is 4.71. The number of rotatable bonds is 7. The summed E-state index contributed by atoms with van der Waals surface area (Å²) in [6, 6.07) is 10.6. The fraction of sp³-hybridized carbons (Fsp3) is 0.105. The topological polar surface area (TPSA) is 106 Å². The number of anilines is 1. The van der Waals surface area contributed by atoms with Crippen LogP contribution in [0.3, 0.4) is 0 Å². The number of aromatic amines is 1. The van der Waals surface area contributed by atoms with E-state index in [1.54, 1.807) is 31.4 Å². The van der Waals surface area contributed by atoms with E-state index < -0.39 is 17.0 Å². The second-order valence-electron chi connectivity index (χ2n) is 6.15. The van der Waals surface area contributed by atoms with Gasteiger partial charge in [-0.1, -0.05) is 23.1 Å². The number of nitrogens with zero attached hydrogens (tertiary/aromatic N) is 4. The van der Waals surface area contributed by atoms with Crippen molar-refractivity contribution < 1.29 is 22.7 Å². The Bertz CT molecular complexity index is 1250. The highest BCUT2D eigenvalue weighted by atomic mass is 32.2. The van der Waals surface area contributed by atoms with Gasteiger partial charge in [0, 0.05) is 9.79 Å². The minimum atomic E-state index is -4.54. The maximum Gasteiger partial charge on any atom is 0.427 e. The smallest absolute Gasteiger partial charge is 0.427 e. The Hall–Kier alpha value is -3.10. The Balaban J connectivity index is 1.62. The molecule has 4 aromatic rings. The average Bonchev–Trinajstić information content (AvgIpc) is 3.47. The third kappa shape index (κ3) is 5.83. The quantitative estimate of drug-likeness (QED) is 0.348. The van der Waals surface area contributed by atoms with E-state index in [4.69, 9.17) is 4.74 Å². The van der Waals surface area contributed by atoms with Crippen LogP contribution in [0.25, 0.3) is 0 Å². The van der Waals surface area contributed by atoms with Gasteiger partial charge in [0.1, 0.15) is 27.7 Å². The van der Waals surface area contributed by atoms with Gasteiger partial charge in [-0.15, -0.1) is 0 Å². The van der Waals surface area contributed by atoms with E-state index in [-0.39, 0.29) is 10.8 Å². The number of hydrogen-bond acceptors (Lipinski definition) is 9. The number of hydrogen-bond donors (Lipinski definition) is 2. The third-order valence-corrected chi connectivity index (χ3v) is 6.78. The minimum Gasteiger partial charge on any atom is -0.497 e. The average molecular weight is 511 g/mol. The minimum absolute atomic E-state index is 0.0316. The van der Waals surface area contributed by atoms with E-state index in [9.17, 15) is 18.0 Å². The van der Waals surface area contributed by atoms with Crippen LogP contribution in [0, 0.1) is 0 Å². The zero-order chi connectivity index (χ0) is 23.4. The van der Waals surface area contributed by atoms with E-state index in [2.05, 4.69) is 30.5 Å². The molecule has 2 N–H and O–H groups in total. The highest BCUT2D eigenvalue weighted by Crippen LogP contribution is 2.36. The molecule has 170 valence electrons. The monoisotopic (exact) mass is 510 g/mol. The zero-order valence-corrected chi connectivity index (χ0v) is 19.0. The Morgan fingerprint density at radius 2 is 1.91 bits per heavy atom. The highest BCUT2D eigenvalue weighted by molar-refractivity contribution is 7.99. The molecular weight excluding hydrogens is 497 g/mol. The summed E-state index contributed by atoms with van der Waals surface area (Å²) in [6.45, 7) is 0. The zero-order valence-electron chi connectivity index (χ0n) is 16.6. The number of benzene rings is 1. The van der Waals surface area contributed by atoms with Crippen molar-refractivity contribution in [1.29, 1.82) is 0 Å². The van der Waals surface area contributed by atoms with E-state index in [0.717, 1.165) is 16.7 Å². The number of carbonyl (C=O) groups excluding carboxylic acids is 1. The Morgan fingerprint density at radius 1 is 1.12 bits per heavy atom. The Morgan fingerprint density at radius 3 is 2.55 bits per heavy atom. The first-order valence-corrected chi connectivity index (χ1v) is 11.5. The highest BCUT2D eigenvalue weighted by Gasteiger charge is 2.33. The molecule has 3 aromatic heterocycles. The van der Waals surface area contributed by atoms with Crippen LogP contribution in [0.2, 0.25) is 0 Å². The molecule has 0 saturated carbocycles. The summed E-state index contributed by atoms with van der Waals surface area (Å²) in [4.78, 5) is 25.5. The summed E-state index contributed by atoms with van der Waals surface area (Å²) >= 11 is 2.77. The summed E-state index contributed by atoms with van der Waals surface area (Å²) < 4.78 is 43.8. The standard InChI is InChI=1S/C19H13F3N6O2S3/c1-30-10-2-4-11(5-3-10)31-12-6-7-14(33-18-24-9-25-28-18)26-15(12)16(29)27-17-23-8-13(32-17)19(20,21)22/h2-9H,1H3,(H,23,27,29)(H,24,25,28). The number of alkyl halides is 3. The maximum absolute atomic E-state index is 13.0. The number of H-pyrrole nitrogens is 1. The van der Waals surface area contributed by atoms with Gasteiger partial charge >= 0.3 is 6.18 Å². The molecule has 0 aliphatic heterocycles. The van der Waals surface area contributed by atoms with Crippen LogP contribution in [-0.2, 0) is 6.18 Å². The lowest BCUT2D eigenvalue weighted by molar-refractivity contribution is -0.134. The van der Waals surface area contributed by atoms with Crippen molar-refractivity contribution in [2.75, 3.05) is 12.4 Å². The van der Waals surface area contributed by atoms with Crippen LogP contribution in [-0.4, -0.2) is 38.2 Å². The predicted molar refractivity (Wildman–Crippen MR) is 117 cm³/mol. The van der Waals surface area contributed by atoms with Gasteiger partial charge in [-0.25, -0.2) is 15.0 Å². The number of methoxy groups -OCH3 is 1. The van der Waals surface area contributed by atoms with Crippen molar-refractivity contribution >= 4 is 45.9 Å². The normalized spacial score (nSPS) is 11.4. The van der Waals surface area contributed by atoms with Crippen molar-refractivity contribution in [2.24, 2.45) is 0 Å². The van der Waals surface area contributed by atoms with E-state index in [1.165, 1.54) is 18.1 Å². The van der Waals surface area contributed by atoms with E-state index >= 15 is 0 Å². The molecule has 14 heteroatoms. The van der Waals surface area contributed by atoms with Gasteiger partial charge in [0.05, 0.1) is 13.3 Å². The fourth-order valence-electron chi connectivity index (χ4n) is 2.46. The van der Waals surface area contributed by atoms with E-state index in [1.807, 2.05) is 12.1 Å². The molecule has 0 radical (unpaired) electrons. The summed E-state index contributed by atoms with van der Waals surface area (Å²) in [5.41, 5.74) is 0.0316. The van der Waals surface area contributed by atoms with Crippen molar-refractivity contribution in [1.82, 2.24) is 25.1 Å². The number of thiazole rings is 1. The largest absolute Gasteiger partial charge is 0.497 e. The van der Waals surface area contributed by atoms with Crippen molar-refractivity contribution in [3.8, 4) is 5.75 Å². The van der Waals surface area contributed by atoms with Gasteiger partial charge in [0.15, 0.2) is 10.3 Å². The van der Waals surface area contributed by atoms with Crippen LogP contribution in [0.15, 0.2) is 68.9 Å². The van der Waals surface area contributed by atoms with Gasteiger partial charge < -0.3 is 4.74 Å². The molecule has 0 spiro atoms. The van der Waals surface area contributed by atoms with Gasteiger partial charge in [-0.05, 0) is 48.2 Å². The van der Waals surface area contributed by atoms with Crippen LogP contribution in [0.4, 0.5) is 18.3 Å². The number of aromatic nitrogens is 5. The second-order valence-corrected chi connectivity index (χ2v) is 9.30. The number of carbonyl (C=O) groups is 1. The Kier molecular flexibility index (Phi) is 6.85. The molecule has 0 atom stereocenters. The number of halogens is 3. The molecule has 3 heterocycles. The van der Waals surface area contributed by atoms with Crippen LogP contribution in [0.1, 0.15) is 15.4 Å². The molecule has 0 aliphatic rings. The molecule has 1 aromatic carbocycles. The molecule has 1 amide bonds. The first kappa shape index (κ1) is 23.1. The molecule has 4 rings (SSSR count). The Labute approximate surface area is 197 Å². The molecule has 0 unspecified atom stereocenters. The predicted octanol–water partition coefficient (Wildman–Crippen LogP) is 5.24. The van der Waals surface area contributed by atoms with Gasteiger partial charge in [-0.2, -0.15) is 18.3 Å². The molecular formula is C19H13F3N6O2S3. The third-order valence-electron chi connectivity index (χ3n) is 3.93. The van der Waals surface area contributed by atoms with Gasteiger partial charge in [0.25, 0.3) is 5.91 Å². The number of amides is 1. The first-order valence-electron chi connectivity index (χ1n) is 9.02. The van der Waals surface area contributed by atoms with Crippen LogP contribution < -0.4 is 10.1 Å². The first-order chi connectivity index (χ1) is 15.8. The summed E-state index contributed by atoms with van der Waals surface area (Å²) in [7, 11) is 1.56. The van der Waals surface area contributed by atoms with Gasteiger partial charge in [0.2, 0.25) is 0 Å². The molecule has 33 heavy (non-hydrogen) atoms. The lowest BCUT2D eigenvalue weighted by Gasteiger charge is -2.10. The summed E-state index contributed by atoms with van der Waals surface area (Å²) in [6.07, 6.45) is -2.52. The molecule has 8 nitrogen and oxygen atoms in total. The molecule has 0 fully saturated rings. The lowest BCUT2D eigenvalue weighted by atomic mass is 10.3. The van der Waals surface area contributed by atoms with Crippen LogP contribution >= 0.6 is 34.9 Å². The van der Waals surface area contributed by atoms with Crippen molar-refractivity contribution in [3.63, 3.8) is 0 Å². The second kappa shape index (κ2) is 9.80. The molecule has 0 bridgehead atoms. The number of pyridine rings is 1. The van der Waals surface area contributed by atoms with Crippen LogP contribution in [0.5, 0.6) is 5.75 Å². The summed E-state index contributed by atoms with van der Waals surface area (Å²) in [5.74, 6) is -0.00686. The summed E-state index contributed by atoms with van der Waals surface area (Å²) in [5, 5.41) is 9.60.